The minimum Gasteiger partial charge on any atom is -0.467 e. The number of hydrogen-bond acceptors (Lipinski definition) is 14. The molecule has 14 nitrogen and oxygen atoms in total. The van der Waals surface area contributed by atoms with Crippen molar-refractivity contribution in [2.45, 2.75) is 70.2 Å². The Morgan fingerprint density at radius 1 is 0.829 bits per heavy atom. The summed E-state index contributed by atoms with van der Waals surface area (Å²) in [5.74, 6) is -3.96. The second-order valence-electron chi connectivity index (χ2n) is 8.68. The first kappa shape index (κ1) is 33.4. The van der Waals surface area contributed by atoms with Gasteiger partial charge in [-0.2, -0.15) is 0 Å². The van der Waals surface area contributed by atoms with Crippen LogP contribution >= 0.6 is 11.8 Å². The third-order valence-electron chi connectivity index (χ3n) is 5.37. The second-order valence-corrected chi connectivity index (χ2v) is 9.81. The van der Waals surface area contributed by atoms with Gasteiger partial charge in [0.2, 0.25) is 0 Å². The monoisotopic (exact) mass is 599 g/mol. The van der Waals surface area contributed by atoms with Gasteiger partial charge in [0.1, 0.15) is 30.8 Å². The van der Waals surface area contributed by atoms with Crippen molar-refractivity contribution in [3.63, 3.8) is 0 Å². The smallest absolute Gasteiger partial charge is 0.408 e. The lowest BCUT2D eigenvalue weighted by Crippen LogP contribution is -2.61. The number of thioether (sulfide) groups is 1. The number of hydrogen-bond donors (Lipinski definition) is 1. The molecule has 0 radical (unpaired) electrons. The maximum absolute atomic E-state index is 12.5. The highest BCUT2D eigenvalue weighted by Gasteiger charge is 2.52. The van der Waals surface area contributed by atoms with Crippen LogP contribution in [-0.4, -0.2) is 91.3 Å². The van der Waals surface area contributed by atoms with Gasteiger partial charge < -0.3 is 38.5 Å². The SMILES string of the molecule is COC(=O)C(CSC1O[C@H](COC(C)=O)[C@H](OC(C)=O)[C@H](OC(C)=O)[C@H]1OC(C)=O)NC(=O)OCc1ccccc1. The van der Waals surface area contributed by atoms with E-state index in [-0.39, 0.29) is 12.4 Å². The number of benzene rings is 1. The van der Waals surface area contributed by atoms with Crippen molar-refractivity contribution in [1.29, 1.82) is 0 Å². The van der Waals surface area contributed by atoms with Crippen molar-refractivity contribution in [1.82, 2.24) is 5.32 Å². The minimum absolute atomic E-state index is 0.0482. The van der Waals surface area contributed by atoms with Crippen molar-refractivity contribution in [3.05, 3.63) is 35.9 Å². The summed E-state index contributed by atoms with van der Waals surface area (Å²) in [7, 11) is 1.13. The third-order valence-corrected chi connectivity index (χ3v) is 6.60. The van der Waals surface area contributed by atoms with Crippen molar-refractivity contribution >= 4 is 47.7 Å². The van der Waals surface area contributed by atoms with Crippen LogP contribution in [0, 0.1) is 0 Å². The molecule has 0 bridgehead atoms. The highest BCUT2D eigenvalue weighted by atomic mass is 32.2. The zero-order valence-electron chi connectivity index (χ0n) is 23.2. The summed E-state index contributed by atoms with van der Waals surface area (Å²) in [5, 5.41) is 2.42. The maximum Gasteiger partial charge on any atom is 0.408 e. The molecule has 41 heavy (non-hydrogen) atoms. The maximum atomic E-state index is 12.5. The molecule has 1 aliphatic rings. The van der Waals surface area contributed by atoms with Gasteiger partial charge in [0.05, 0.1) is 7.11 Å². The van der Waals surface area contributed by atoms with Gasteiger partial charge in [-0.15, -0.1) is 11.8 Å². The van der Waals surface area contributed by atoms with Gasteiger partial charge in [0.25, 0.3) is 0 Å². The van der Waals surface area contributed by atoms with E-state index in [9.17, 15) is 28.8 Å². The van der Waals surface area contributed by atoms with E-state index in [0.29, 0.717) is 0 Å². The molecule has 15 heteroatoms. The molecule has 1 fully saturated rings. The molecule has 1 heterocycles. The summed E-state index contributed by atoms with van der Waals surface area (Å²) in [6.07, 6.45) is -6.07. The van der Waals surface area contributed by atoms with Crippen molar-refractivity contribution in [3.8, 4) is 0 Å². The molecule has 0 spiro atoms. The Morgan fingerprint density at radius 3 is 1.98 bits per heavy atom. The zero-order valence-corrected chi connectivity index (χ0v) is 24.0. The molecular weight excluding hydrogens is 566 g/mol. The molecule has 2 unspecified atom stereocenters. The molecule has 6 atom stereocenters. The number of alkyl carbamates (subject to hydrolysis) is 1. The number of esters is 5. The molecule has 1 saturated heterocycles. The summed E-state index contributed by atoms with van der Waals surface area (Å²) in [5.41, 5.74) is -0.422. The summed E-state index contributed by atoms with van der Waals surface area (Å²) >= 11 is 0.903. The lowest BCUT2D eigenvalue weighted by Gasteiger charge is -2.44. The van der Waals surface area contributed by atoms with Crippen LogP contribution in [0.5, 0.6) is 0 Å². The van der Waals surface area contributed by atoms with Crippen LogP contribution in [-0.2, 0) is 63.7 Å². The number of rotatable bonds is 12. The first-order valence-electron chi connectivity index (χ1n) is 12.4. The lowest BCUT2D eigenvalue weighted by atomic mass is 9.99. The Labute approximate surface area is 240 Å². The third kappa shape index (κ3) is 11.3. The van der Waals surface area contributed by atoms with Crippen molar-refractivity contribution < 1.29 is 61.9 Å². The zero-order chi connectivity index (χ0) is 30.5. The number of methoxy groups -OCH3 is 1. The van der Waals surface area contributed by atoms with Crippen LogP contribution in [0.25, 0.3) is 0 Å². The molecule has 1 aliphatic heterocycles. The highest BCUT2D eigenvalue weighted by Crippen LogP contribution is 2.34. The lowest BCUT2D eigenvalue weighted by molar-refractivity contribution is -0.237. The van der Waals surface area contributed by atoms with E-state index in [2.05, 4.69) is 5.32 Å². The summed E-state index contributed by atoms with van der Waals surface area (Å²) in [6, 6.07) is 7.63. The Kier molecular flexibility index (Phi) is 13.4. The fraction of sp³-hybridized carbons (Fsp3) is 0.538. The quantitative estimate of drug-likeness (QED) is 0.268. The molecule has 2 rings (SSSR count). The Morgan fingerprint density at radius 2 is 1.41 bits per heavy atom. The van der Waals surface area contributed by atoms with Gasteiger partial charge in [-0.05, 0) is 5.56 Å². The predicted molar refractivity (Wildman–Crippen MR) is 140 cm³/mol. The van der Waals surface area contributed by atoms with Gasteiger partial charge in [0.15, 0.2) is 18.3 Å². The molecule has 0 aromatic heterocycles. The van der Waals surface area contributed by atoms with Crippen LogP contribution in [0.3, 0.4) is 0 Å². The topological polar surface area (TPSA) is 179 Å². The van der Waals surface area contributed by atoms with Crippen LogP contribution in [0.2, 0.25) is 0 Å². The number of ether oxygens (including phenoxy) is 7. The number of nitrogens with one attached hydrogen (secondary N) is 1. The fourth-order valence-electron chi connectivity index (χ4n) is 3.73. The van der Waals surface area contributed by atoms with E-state index in [1.807, 2.05) is 6.07 Å². The van der Waals surface area contributed by atoms with Crippen LogP contribution in [0.15, 0.2) is 30.3 Å². The molecule has 1 N–H and O–H groups in total. The normalized spacial score (nSPS) is 22.3. The van der Waals surface area contributed by atoms with Gasteiger partial charge in [-0.3, -0.25) is 19.2 Å². The average Bonchev–Trinajstić information content (AvgIpc) is 2.90. The van der Waals surface area contributed by atoms with E-state index in [1.54, 1.807) is 24.3 Å². The van der Waals surface area contributed by atoms with Gasteiger partial charge >= 0.3 is 35.9 Å². The number of carbonyl (C=O) groups is 6. The van der Waals surface area contributed by atoms with E-state index in [0.717, 1.165) is 52.1 Å². The summed E-state index contributed by atoms with van der Waals surface area (Å²) in [6.45, 7) is 4.03. The second kappa shape index (κ2) is 16.4. The average molecular weight is 600 g/mol. The van der Waals surface area contributed by atoms with Crippen molar-refractivity contribution in [2.24, 2.45) is 0 Å². The first-order chi connectivity index (χ1) is 19.4. The van der Waals surface area contributed by atoms with E-state index >= 15 is 0 Å². The Bertz CT molecular complexity index is 1080. The van der Waals surface area contributed by atoms with E-state index in [1.165, 1.54) is 0 Å². The van der Waals surface area contributed by atoms with Gasteiger partial charge in [0, 0.05) is 33.4 Å². The van der Waals surface area contributed by atoms with Crippen molar-refractivity contribution in [2.75, 3.05) is 19.5 Å². The largest absolute Gasteiger partial charge is 0.467 e. The number of carbonyl (C=O) groups excluding carboxylic acids is 6. The Balaban J connectivity index is 2.27. The van der Waals surface area contributed by atoms with E-state index < -0.39 is 78.4 Å². The minimum atomic E-state index is -1.37. The molecular formula is C26H33NO13S. The Hall–Kier alpha value is -3.85. The fourth-order valence-corrected chi connectivity index (χ4v) is 4.95. The highest BCUT2D eigenvalue weighted by molar-refractivity contribution is 7.99. The molecule has 226 valence electrons. The van der Waals surface area contributed by atoms with Crippen LogP contribution < -0.4 is 5.32 Å². The number of amides is 1. The summed E-state index contributed by atoms with van der Waals surface area (Å²) in [4.78, 5) is 72.2. The molecule has 1 aromatic rings. The standard InChI is InChI=1S/C26H33NO13S/c1-14(28)35-12-20-21(37-15(2)29)22(38-16(3)30)23(39-17(4)31)25(40-20)41-13-19(24(32)34-5)27-26(33)36-11-18-9-7-6-8-10-18/h6-10,19-23,25H,11-13H2,1-5H3,(H,27,33)/t19?,20-,21+,22+,23-,25?/m1/s1. The predicted octanol–water partition coefficient (Wildman–Crippen LogP) is 1.27. The van der Waals surface area contributed by atoms with Gasteiger partial charge in [-0.1, -0.05) is 30.3 Å². The van der Waals surface area contributed by atoms with Crippen LogP contribution in [0.1, 0.15) is 33.3 Å². The van der Waals surface area contributed by atoms with Gasteiger partial charge in [-0.25, -0.2) is 9.59 Å². The van der Waals surface area contributed by atoms with Crippen LogP contribution in [0.4, 0.5) is 4.79 Å². The summed E-state index contributed by atoms with van der Waals surface area (Å²) < 4.78 is 37.1. The van der Waals surface area contributed by atoms with E-state index in [4.69, 9.17) is 33.2 Å². The molecule has 0 saturated carbocycles. The molecule has 0 aliphatic carbocycles. The molecule has 1 amide bonds. The molecule has 1 aromatic carbocycles. The first-order valence-corrected chi connectivity index (χ1v) is 13.4.